The third-order valence-corrected chi connectivity index (χ3v) is 4.49. The lowest BCUT2D eigenvalue weighted by Crippen LogP contribution is -2.37. The predicted octanol–water partition coefficient (Wildman–Crippen LogP) is 0.629. The maximum atomic E-state index is 12.1. The molecular weight excluding hydrogens is 296 g/mol. The van der Waals surface area contributed by atoms with E-state index in [1.807, 2.05) is 0 Å². The van der Waals surface area contributed by atoms with Crippen LogP contribution in [0.5, 0.6) is 0 Å². The van der Waals surface area contributed by atoms with Crippen LogP contribution in [0, 0.1) is 0 Å². The molecule has 0 aromatic heterocycles. The first-order valence-electron chi connectivity index (χ1n) is 6.51. The first-order valence-corrected chi connectivity index (χ1v) is 7.99. The van der Waals surface area contributed by atoms with Crippen LogP contribution in [-0.2, 0) is 24.3 Å². The van der Waals surface area contributed by atoms with Crippen LogP contribution in [0.2, 0.25) is 0 Å². The van der Waals surface area contributed by atoms with E-state index in [4.69, 9.17) is 4.74 Å². The molecule has 1 aromatic rings. The van der Waals surface area contributed by atoms with Gasteiger partial charge in [-0.05, 0) is 24.3 Å². The topological polar surface area (TPSA) is 102 Å². The molecule has 114 valence electrons. The minimum Gasteiger partial charge on any atom is -0.464 e. The fourth-order valence-corrected chi connectivity index (χ4v) is 3.04. The van der Waals surface area contributed by atoms with E-state index in [0.717, 1.165) is 0 Å². The number of rotatable bonds is 5. The number of carbonyl (C=O) groups excluding carboxylic acids is 2. The van der Waals surface area contributed by atoms with Gasteiger partial charge in [0.25, 0.3) is 0 Å². The molecule has 7 nitrogen and oxygen atoms in total. The third kappa shape index (κ3) is 3.79. The molecule has 1 atom stereocenters. The van der Waals surface area contributed by atoms with Crippen molar-refractivity contribution >= 4 is 27.6 Å². The lowest BCUT2D eigenvalue weighted by molar-refractivity contribution is -0.139. The van der Waals surface area contributed by atoms with E-state index in [2.05, 4.69) is 10.0 Å². The average Bonchev–Trinajstić information content (AvgIpc) is 2.84. The summed E-state index contributed by atoms with van der Waals surface area (Å²) in [5.74, 6) is -0.720. The second-order valence-corrected chi connectivity index (χ2v) is 6.27. The van der Waals surface area contributed by atoms with Crippen LogP contribution in [-0.4, -0.2) is 32.9 Å². The van der Waals surface area contributed by atoms with Crippen LogP contribution in [0.3, 0.4) is 0 Å². The Morgan fingerprint density at radius 3 is 2.52 bits per heavy atom. The van der Waals surface area contributed by atoms with Gasteiger partial charge in [0.05, 0.1) is 11.5 Å². The van der Waals surface area contributed by atoms with Crippen molar-refractivity contribution in [3.05, 3.63) is 24.3 Å². The number of carbonyl (C=O) groups is 2. The van der Waals surface area contributed by atoms with Crippen LogP contribution in [0.25, 0.3) is 0 Å². The second kappa shape index (κ2) is 6.23. The van der Waals surface area contributed by atoms with Gasteiger partial charge in [0.15, 0.2) is 0 Å². The molecule has 1 aliphatic rings. The third-order valence-electron chi connectivity index (χ3n) is 3.00. The summed E-state index contributed by atoms with van der Waals surface area (Å²) in [5, 5.41) is 2.62. The van der Waals surface area contributed by atoms with Crippen molar-refractivity contribution in [2.45, 2.75) is 30.7 Å². The van der Waals surface area contributed by atoms with Crippen molar-refractivity contribution in [2.24, 2.45) is 0 Å². The zero-order valence-corrected chi connectivity index (χ0v) is 12.3. The first-order chi connectivity index (χ1) is 9.92. The fourth-order valence-electron chi connectivity index (χ4n) is 1.82. The molecule has 8 heteroatoms. The van der Waals surface area contributed by atoms with Gasteiger partial charge in [-0.25, -0.2) is 8.42 Å². The average molecular weight is 312 g/mol. The molecule has 0 aliphatic carbocycles. The molecule has 1 heterocycles. The Labute approximate surface area is 122 Å². The minimum absolute atomic E-state index is 0.0247. The Morgan fingerprint density at radius 1 is 1.33 bits per heavy atom. The number of anilines is 1. The molecular formula is C13H16N2O5S. The molecule has 1 saturated heterocycles. The van der Waals surface area contributed by atoms with E-state index in [1.54, 1.807) is 6.92 Å². The molecule has 0 unspecified atom stereocenters. The van der Waals surface area contributed by atoms with Gasteiger partial charge in [-0.3, -0.25) is 9.59 Å². The van der Waals surface area contributed by atoms with Gasteiger partial charge in [-0.15, -0.1) is 0 Å². The molecule has 1 fully saturated rings. The van der Waals surface area contributed by atoms with Crippen molar-refractivity contribution in [3.8, 4) is 0 Å². The molecule has 2 N–H and O–H groups in total. The van der Waals surface area contributed by atoms with Crippen LogP contribution in [0.4, 0.5) is 5.69 Å². The monoisotopic (exact) mass is 312 g/mol. The van der Waals surface area contributed by atoms with Crippen LogP contribution in [0.15, 0.2) is 29.2 Å². The van der Waals surface area contributed by atoms with Gasteiger partial charge in [0.1, 0.15) is 6.04 Å². The quantitative estimate of drug-likeness (QED) is 0.776. The number of cyclic esters (lactones) is 1. The van der Waals surface area contributed by atoms with Gasteiger partial charge in [-0.2, -0.15) is 4.72 Å². The number of amides is 1. The Balaban J connectivity index is 2.09. The molecule has 1 aliphatic heterocycles. The lowest BCUT2D eigenvalue weighted by Gasteiger charge is -2.10. The van der Waals surface area contributed by atoms with E-state index in [1.165, 1.54) is 24.3 Å². The van der Waals surface area contributed by atoms with Gasteiger partial charge >= 0.3 is 5.97 Å². The number of sulfonamides is 1. The molecule has 0 radical (unpaired) electrons. The van der Waals surface area contributed by atoms with Crippen LogP contribution in [0.1, 0.15) is 19.8 Å². The largest absolute Gasteiger partial charge is 0.464 e. The number of hydrogen-bond donors (Lipinski definition) is 2. The predicted molar refractivity (Wildman–Crippen MR) is 75.0 cm³/mol. The summed E-state index contributed by atoms with van der Waals surface area (Å²) in [6.45, 7) is 1.94. The van der Waals surface area contributed by atoms with E-state index in [0.29, 0.717) is 18.5 Å². The van der Waals surface area contributed by atoms with Crippen molar-refractivity contribution < 1.29 is 22.7 Å². The minimum atomic E-state index is -3.79. The molecule has 0 bridgehead atoms. The summed E-state index contributed by atoms with van der Waals surface area (Å²) in [4.78, 5) is 22.6. The van der Waals surface area contributed by atoms with Crippen LogP contribution < -0.4 is 10.0 Å². The molecule has 21 heavy (non-hydrogen) atoms. The van der Waals surface area contributed by atoms with E-state index >= 15 is 0 Å². The summed E-state index contributed by atoms with van der Waals surface area (Å²) in [7, 11) is -3.79. The van der Waals surface area contributed by atoms with Crippen molar-refractivity contribution in [3.63, 3.8) is 0 Å². The molecule has 1 amide bonds. The lowest BCUT2D eigenvalue weighted by atomic mass is 10.3. The maximum Gasteiger partial charge on any atom is 0.324 e. The Morgan fingerprint density at radius 2 is 2.00 bits per heavy atom. The Kier molecular flexibility index (Phi) is 4.59. The zero-order valence-electron chi connectivity index (χ0n) is 11.5. The number of hydrogen-bond acceptors (Lipinski definition) is 5. The highest BCUT2D eigenvalue weighted by Gasteiger charge is 2.31. The van der Waals surface area contributed by atoms with Crippen LogP contribution >= 0.6 is 0 Å². The summed E-state index contributed by atoms with van der Waals surface area (Å²) in [5.41, 5.74) is 0.515. The molecule has 1 aromatic carbocycles. The summed E-state index contributed by atoms with van der Waals surface area (Å²) < 4.78 is 31.2. The normalized spacial score (nSPS) is 18.3. The standard InChI is InChI=1S/C13H16N2O5S/c1-2-12(16)14-9-3-5-10(6-4-9)21(18,19)15-11-7-8-20-13(11)17/h3-6,11,15H,2,7-8H2,1H3,(H,14,16)/t11-/m0/s1. The molecule has 2 rings (SSSR count). The highest BCUT2D eigenvalue weighted by molar-refractivity contribution is 7.89. The second-order valence-electron chi connectivity index (χ2n) is 4.56. The molecule has 0 saturated carbocycles. The van der Waals surface area contributed by atoms with Gasteiger partial charge in [0.2, 0.25) is 15.9 Å². The Hall–Kier alpha value is -1.93. The highest BCUT2D eigenvalue weighted by Crippen LogP contribution is 2.16. The SMILES string of the molecule is CCC(=O)Nc1ccc(S(=O)(=O)N[C@H]2CCOC2=O)cc1. The Bertz CT molecular complexity index is 639. The molecule has 0 spiro atoms. The summed E-state index contributed by atoms with van der Waals surface area (Å²) >= 11 is 0. The van der Waals surface area contributed by atoms with Gasteiger partial charge in [-0.1, -0.05) is 6.92 Å². The number of esters is 1. The van der Waals surface area contributed by atoms with Crippen molar-refractivity contribution in [2.75, 3.05) is 11.9 Å². The maximum absolute atomic E-state index is 12.1. The highest BCUT2D eigenvalue weighted by atomic mass is 32.2. The first kappa shape index (κ1) is 15.5. The number of benzene rings is 1. The van der Waals surface area contributed by atoms with Crippen molar-refractivity contribution in [1.29, 1.82) is 0 Å². The van der Waals surface area contributed by atoms with Gasteiger partial charge in [0, 0.05) is 18.5 Å². The number of ether oxygens (including phenoxy) is 1. The smallest absolute Gasteiger partial charge is 0.324 e. The van der Waals surface area contributed by atoms with Crippen molar-refractivity contribution in [1.82, 2.24) is 4.72 Å². The summed E-state index contributed by atoms with van der Waals surface area (Å²) in [6, 6.07) is 4.89. The summed E-state index contributed by atoms with van der Waals surface area (Å²) in [6.07, 6.45) is 0.661. The van der Waals surface area contributed by atoms with E-state index in [-0.39, 0.29) is 17.4 Å². The number of nitrogens with one attached hydrogen (secondary N) is 2. The van der Waals surface area contributed by atoms with E-state index < -0.39 is 22.0 Å². The van der Waals surface area contributed by atoms with Gasteiger partial charge < -0.3 is 10.1 Å². The van der Waals surface area contributed by atoms with E-state index in [9.17, 15) is 18.0 Å². The zero-order chi connectivity index (χ0) is 15.5. The fraction of sp³-hybridized carbons (Fsp3) is 0.385.